The zero-order valence-electron chi connectivity index (χ0n) is 15.2. The molecule has 0 bridgehead atoms. The van der Waals surface area contributed by atoms with Gasteiger partial charge in [-0.25, -0.2) is 9.50 Å². The molecule has 0 N–H and O–H groups in total. The molecule has 0 radical (unpaired) electrons. The molecular formula is C20H25IN4O. The van der Waals surface area contributed by atoms with Crippen LogP contribution in [0.15, 0.2) is 54.9 Å². The maximum Gasteiger partial charge on any atom is 0.274 e. The molecule has 1 fully saturated rings. The third-order valence-corrected chi connectivity index (χ3v) is 4.51. The van der Waals surface area contributed by atoms with Crippen molar-refractivity contribution in [3.63, 3.8) is 0 Å². The highest BCUT2D eigenvalue weighted by atomic mass is 127. The van der Waals surface area contributed by atoms with Crippen molar-refractivity contribution in [3.8, 4) is 0 Å². The molecule has 0 spiro atoms. The summed E-state index contributed by atoms with van der Waals surface area (Å²) >= 11 is 0. The molecule has 138 valence electrons. The summed E-state index contributed by atoms with van der Waals surface area (Å²) in [4.78, 5) is 18.7. The average Bonchev–Trinajstić information content (AvgIpc) is 3.14. The van der Waals surface area contributed by atoms with Crippen LogP contribution in [0.2, 0.25) is 0 Å². The molecule has 4 rings (SSSR count). The number of hydrogen-bond acceptors (Lipinski definition) is 3. The Morgan fingerprint density at radius 3 is 2.42 bits per heavy atom. The number of nitrogens with zero attached hydrogens (tertiary/aromatic N) is 4. The van der Waals surface area contributed by atoms with Crippen LogP contribution in [0.3, 0.4) is 0 Å². The van der Waals surface area contributed by atoms with Crippen molar-refractivity contribution in [1.82, 2.24) is 19.5 Å². The van der Waals surface area contributed by atoms with E-state index in [4.69, 9.17) is 0 Å². The topological polar surface area (TPSA) is 50.5 Å². The highest BCUT2D eigenvalue weighted by molar-refractivity contribution is 14.0. The van der Waals surface area contributed by atoms with Crippen molar-refractivity contribution in [1.29, 1.82) is 0 Å². The number of hydrogen-bond donors (Lipinski definition) is 0. The van der Waals surface area contributed by atoms with Crippen molar-refractivity contribution in [2.45, 2.75) is 32.6 Å². The summed E-state index contributed by atoms with van der Waals surface area (Å²) in [6.45, 7) is 5.55. The Balaban J connectivity index is 0.000000784. The van der Waals surface area contributed by atoms with Gasteiger partial charge in [0.25, 0.3) is 5.91 Å². The van der Waals surface area contributed by atoms with Crippen LogP contribution in [0.25, 0.3) is 5.65 Å². The van der Waals surface area contributed by atoms with Gasteiger partial charge in [0.05, 0.1) is 0 Å². The Kier molecular flexibility index (Phi) is 7.56. The lowest BCUT2D eigenvalue weighted by atomic mass is 9.89. The van der Waals surface area contributed by atoms with Gasteiger partial charge in [0, 0.05) is 31.5 Å². The van der Waals surface area contributed by atoms with Crippen LogP contribution in [0.1, 0.15) is 48.7 Å². The van der Waals surface area contributed by atoms with Gasteiger partial charge in [-0.1, -0.05) is 44.2 Å². The maximum atomic E-state index is 12.6. The van der Waals surface area contributed by atoms with Crippen molar-refractivity contribution in [2.24, 2.45) is 0 Å². The van der Waals surface area contributed by atoms with E-state index < -0.39 is 0 Å². The van der Waals surface area contributed by atoms with Gasteiger partial charge in [0.2, 0.25) is 0 Å². The predicted molar refractivity (Wildman–Crippen MR) is 114 cm³/mol. The zero-order valence-corrected chi connectivity index (χ0v) is 17.5. The average molecular weight is 464 g/mol. The lowest BCUT2D eigenvalue weighted by Gasteiger charge is -2.31. The molecule has 3 aromatic rings. The number of fused-ring (bicyclic) bond motifs is 1. The van der Waals surface area contributed by atoms with Gasteiger partial charge >= 0.3 is 0 Å². The molecule has 1 aliphatic heterocycles. The lowest BCUT2D eigenvalue weighted by Crippen LogP contribution is -2.38. The van der Waals surface area contributed by atoms with E-state index in [1.807, 2.05) is 24.8 Å². The predicted octanol–water partition coefficient (Wildman–Crippen LogP) is 4.39. The van der Waals surface area contributed by atoms with E-state index in [0.29, 0.717) is 17.3 Å². The van der Waals surface area contributed by atoms with Crippen molar-refractivity contribution in [2.75, 3.05) is 13.1 Å². The number of likely N-dealkylation sites (tertiary alicyclic amines) is 1. The smallest absolute Gasteiger partial charge is 0.274 e. The van der Waals surface area contributed by atoms with Gasteiger partial charge in [-0.3, -0.25) is 4.79 Å². The largest absolute Gasteiger partial charge is 0.337 e. The van der Waals surface area contributed by atoms with E-state index in [2.05, 4.69) is 34.3 Å². The number of benzene rings is 1. The molecule has 3 heterocycles. The minimum Gasteiger partial charge on any atom is -0.337 e. The second-order valence-corrected chi connectivity index (χ2v) is 5.93. The van der Waals surface area contributed by atoms with Crippen LogP contribution in [0.5, 0.6) is 0 Å². The number of halogens is 1. The number of aromatic nitrogens is 3. The third kappa shape index (κ3) is 4.41. The first-order valence-corrected chi connectivity index (χ1v) is 8.96. The second-order valence-electron chi connectivity index (χ2n) is 5.93. The van der Waals surface area contributed by atoms with E-state index in [9.17, 15) is 4.79 Å². The normalized spacial score (nSPS) is 14.3. The van der Waals surface area contributed by atoms with E-state index in [1.165, 1.54) is 5.56 Å². The summed E-state index contributed by atoms with van der Waals surface area (Å²) in [5.74, 6) is 0.546. The number of carbonyl (C=O) groups is 1. The van der Waals surface area contributed by atoms with Crippen LogP contribution in [-0.2, 0) is 0 Å². The van der Waals surface area contributed by atoms with Crippen molar-refractivity contribution < 1.29 is 4.79 Å². The van der Waals surface area contributed by atoms with Gasteiger partial charge in [-0.2, -0.15) is 5.10 Å². The molecule has 0 aliphatic carbocycles. The monoisotopic (exact) mass is 464 g/mol. The fourth-order valence-corrected chi connectivity index (χ4v) is 3.24. The summed E-state index contributed by atoms with van der Waals surface area (Å²) in [7, 11) is 0. The van der Waals surface area contributed by atoms with E-state index in [-0.39, 0.29) is 29.9 Å². The maximum absolute atomic E-state index is 12.6. The second kappa shape index (κ2) is 9.66. The summed E-state index contributed by atoms with van der Waals surface area (Å²) < 4.78 is 1.64. The Morgan fingerprint density at radius 2 is 1.77 bits per heavy atom. The molecule has 26 heavy (non-hydrogen) atoms. The summed E-state index contributed by atoms with van der Waals surface area (Å²) in [6, 6.07) is 14.1. The molecule has 1 aromatic carbocycles. The number of piperidine rings is 1. The Hall–Kier alpha value is -1.96. The van der Waals surface area contributed by atoms with Gasteiger partial charge in [-0.05, 0) is 30.4 Å². The number of amides is 1. The minimum absolute atomic E-state index is 0. The van der Waals surface area contributed by atoms with E-state index >= 15 is 0 Å². The Labute approximate surface area is 171 Å². The van der Waals surface area contributed by atoms with Crippen LogP contribution >= 0.6 is 24.0 Å². The Bertz CT molecular complexity index is 793. The van der Waals surface area contributed by atoms with Gasteiger partial charge in [0.1, 0.15) is 0 Å². The molecular weight excluding hydrogens is 439 g/mol. The number of rotatable bonds is 2. The van der Waals surface area contributed by atoms with Crippen molar-refractivity contribution >= 4 is 35.5 Å². The van der Waals surface area contributed by atoms with Crippen LogP contribution in [-0.4, -0.2) is 38.5 Å². The lowest BCUT2D eigenvalue weighted by molar-refractivity contribution is 0.0706. The van der Waals surface area contributed by atoms with Crippen molar-refractivity contribution in [3.05, 3.63) is 66.1 Å². The van der Waals surface area contributed by atoms with E-state index in [0.717, 1.165) is 25.9 Å². The quantitative estimate of drug-likeness (QED) is 0.529. The molecule has 1 aliphatic rings. The fraction of sp³-hybridized carbons (Fsp3) is 0.350. The Morgan fingerprint density at radius 1 is 1.08 bits per heavy atom. The molecule has 0 atom stereocenters. The molecule has 2 aromatic heterocycles. The highest BCUT2D eigenvalue weighted by Gasteiger charge is 2.25. The summed E-state index contributed by atoms with van der Waals surface area (Å²) in [5, 5.41) is 4.33. The van der Waals surface area contributed by atoms with Crippen LogP contribution in [0, 0.1) is 0 Å². The zero-order chi connectivity index (χ0) is 17.6. The molecule has 1 amide bonds. The molecule has 6 heteroatoms. The molecule has 5 nitrogen and oxygen atoms in total. The first-order valence-electron chi connectivity index (χ1n) is 8.96. The molecule has 0 unspecified atom stereocenters. The van der Waals surface area contributed by atoms with Gasteiger partial charge in [-0.15, -0.1) is 24.0 Å². The van der Waals surface area contributed by atoms with E-state index in [1.54, 1.807) is 29.0 Å². The highest BCUT2D eigenvalue weighted by Crippen LogP contribution is 2.28. The van der Waals surface area contributed by atoms with Gasteiger partial charge < -0.3 is 4.90 Å². The van der Waals surface area contributed by atoms with Crippen LogP contribution < -0.4 is 0 Å². The van der Waals surface area contributed by atoms with Crippen LogP contribution in [0.4, 0.5) is 0 Å². The van der Waals surface area contributed by atoms with Gasteiger partial charge in [0.15, 0.2) is 11.3 Å². The number of carbonyl (C=O) groups excluding carboxylic acids is 1. The summed E-state index contributed by atoms with van der Waals surface area (Å²) in [5.41, 5.74) is 2.55. The molecule has 1 saturated heterocycles. The summed E-state index contributed by atoms with van der Waals surface area (Å²) in [6.07, 6.45) is 5.51. The molecule has 0 saturated carbocycles. The first-order chi connectivity index (χ1) is 12.3. The standard InChI is InChI=1S/C18H18N4O.C2H6.HI/c23-18(16-13-17-19-9-4-10-22(17)20-16)21-11-7-15(8-12-21)14-5-2-1-3-6-14;1-2;/h1-6,9-10,13,15H,7-8,11-12H2;1-2H3;1H. The minimum atomic E-state index is 0. The fourth-order valence-electron chi connectivity index (χ4n) is 3.24. The SMILES string of the molecule is CC.I.O=C(c1cc2ncccn2n1)N1CCC(c2ccccc2)CC1. The third-order valence-electron chi connectivity index (χ3n) is 4.51. The first kappa shape index (κ1) is 20.4.